The van der Waals surface area contributed by atoms with Gasteiger partial charge in [0.25, 0.3) is 0 Å². The van der Waals surface area contributed by atoms with Gasteiger partial charge in [0.05, 0.1) is 12.1 Å². The topological polar surface area (TPSA) is 61.1 Å². The van der Waals surface area contributed by atoms with E-state index in [0.29, 0.717) is 23.5 Å². The van der Waals surface area contributed by atoms with Crippen molar-refractivity contribution >= 4 is 11.7 Å². The molecule has 0 saturated heterocycles. The third-order valence-corrected chi connectivity index (χ3v) is 5.30. The van der Waals surface area contributed by atoms with E-state index >= 15 is 0 Å². The maximum absolute atomic E-state index is 13.4. The predicted molar refractivity (Wildman–Crippen MR) is 115 cm³/mol. The van der Waals surface area contributed by atoms with Gasteiger partial charge in [-0.3, -0.25) is 9.69 Å². The van der Waals surface area contributed by atoms with Crippen LogP contribution in [0.1, 0.15) is 27.9 Å². The number of amides is 1. The molecule has 0 bridgehead atoms. The van der Waals surface area contributed by atoms with E-state index in [0.717, 1.165) is 29.0 Å². The van der Waals surface area contributed by atoms with Gasteiger partial charge in [-0.2, -0.15) is 5.26 Å². The first-order valence-electron chi connectivity index (χ1n) is 9.96. The number of hydrogen-bond acceptors (Lipinski definition) is 3. The van der Waals surface area contributed by atoms with Crippen LogP contribution in [0.5, 0.6) is 0 Å². The number of anilines is 1. The molecule has 0 saturated carbocycles. The second kappa shape index (κ2) is 9.71. The first kappa shape index (κ1) is 23.1. The summed E-state index contributed by atoms with van der Waals surface area (Å²) in [5, 5.41) is 12.4. The van der Waals surface area contributed by atoms with Gasteiger partial charge < -0.3 is 9.88 Å². The molecule has 166 valence electrons. The van der Waals surface area contributed by atoms with E-state index < -0.39 is 11.6 Å². The van der Waals surface area contributed by atoms with Crippen LogP contribution in [0.3, 0.4) is 0 Å². The van der Waals surface area contributed by atoms with Crippen molar-refractivity contribution in [3.63, 3.8) is 0 Å². The van der Waals surface area contributed by atoms with E-state index in [2.05, 4.69) is 11.4 Å². The van der Waals surface area contributed by atoms with E-state index in [9.17, 15) is 23.2 Å². The Labute approximate surface area is 184 Å². The number of halogens is 3. The summed E-state index contributed by atoms with van der Waals surface area (Å²) in [6.45, 7) is 4.23. The fraction of sp³-hybridized carbons (Fsp3) is 0.250. The molecule has 0 fully saturated rings. The van der Waals surface area contributed by atoms with Gasteiger partial charge in [-0.15, -0.1) is 0 Å². The van der Waals surface area contributed by atoms with Crippen LogP contribution in [0.2, 0.25) is 0 Å². The molecule has 1 N–H and O–H groups in total. The molecule has 8 heteroatoms. The number of nitrogens with zero attached hydrogens (tertiary/aromatic N) is 3. The van der Waals surface area contributed by atoms with Crippen LogP contribution >= 0.6 is 0 Å². The van der Waals surface area contributed by atoms with Crippen LogP contribution in [-0.2, 0) is 17.9 Å². The number of nitriles is 1. The fourth-order valence-corrected chi connectivity index (χ4v) is 3.52. The number of benzene rings is 2. The van der Waals surface area contributed by atoms with E-state index in [1.165, 1.54) is 18.2 Å². The van der Waals surface area contributed by atoms with Crippen LogP contribution < -0.4 is 5.32 Å². The SMILES string of the molecule is Cc1c(C#N)c(NC(=O)CN(C)Cc2ccc(F)c(F)c2)n(Cc2ccc(F)cc2)c1C. The smallest absolute Gasteiger partial charge is 0.239 e. The normalized spacial score (nSPS) is 10.9. The van der Waals surface area contributed by atoms with Gasteiger partial charge in [0.2, 0.25) is 5.91 Å². The largest absolute Gasteiger partial charge is 0.326 e. The van der Waals surface area contributed by atoms with Gasteiger partial charge in [-0.1, -0.05) is 18.2 Å². The molecule has 3 rings (SSSR count). The minimum atomic E-state index is -0.941. The molecular weight excluding hydrogens is 417 g/mol. The minimum absolute atomic E-state index is 0.0241. The van der Waals surface area contributed by atoms with Crippen LogP contribution in [0, 0.1) is 42.6 Å². The molecule has 0 spiro atoms. The summed E-state index contributed by atoms with van der Waals surface area (Å²) in [5.41, 5.74) is 3.28. The van der Waals surface area contributed by atoms with Crippen molar-refractivity contribution in [3.8, 4) is 6.07 Å². The lowest BCUT2D eigenvalue weighted by Gasteiger charge is -2.18. The Morgan fingerprint density at radius 1 is 1.06 bits per heavy atom. The van der Waals surface area contributed by atoms with Crippen molar-refractivity contribution in [2.45, 2.75) is 26.9 Å². The molecule has 0 aliphatic rings. The van der Waals surface area contributed by atoms with E-state index in [1.807, 2.05) is 11.5 Å². The second-order valence-corrected chi connectivity index (χ2v) is 7.73. The van der Waals surface area contributed by atoms with Crippen molar-refractivity contribution < 1.29 is 18.0 Å². The third-order valence-electron chi connectivity index (χ3n) is 5.30. The molecule has 1 amide bonds. The molecule has 0 atom stereocenters. The zero-order valence-electron chi connectivity index (χ0n) is 18.0. The lowest BCUT2D eigenvalue weighted by Crippen LogP contribution is -2.30. The first-order chi connectivity index (χ1) is 15.2. The molecule has 3 aromatic rings. The van der Waals surface area contributed by atoms with E-state index in [1.54, 1.807) is 31.0 Å². The number of carbonyl (C=O) groups is 1. The molecule has 5 nitrogen and oxygen atoms in total. The number of nitrogens with one attached hydrogen (secondary N) is 1. The first-order valence-corrected chi connectivity index (χ1v) is 9.96. The van der Waals surface area contributed by atoms with Gasteiger partial charge in [0, 0.05) is 18.8 Å². The highest BCUT2D eigenvalue weighted by molar-refractivity contribution is 5.93. The summed E-state index contributed by atoms with van der Waals surface area (Å²) in [4.78, 5) is 14.4. The lowest BCUT2D eigenvalue weighted by atomic mass is 10.2. The highest BCUT2D eigenvalue weighted by Crippen LogP contribution is 2.27. The molecule has 0 radical (unpaired) electrons. The summed E-state index contributed by atoms with van der Waals surface area (Å²) in [5.74, 6) is -2.19. The van der Waals surface area contributed by atoms with Gasteiger partial charge in [0.1, 0.15) is 17.7 Å². The Morgan fingerprint density at radius 3 is 2.34 bits per heavy atom. The summed E-state index contributed by atoms with van der Waals surface area (Å²) >= 11 is 0. The highest BCUT2D eigenvalue weighted by atomic mass is 19.2. The Hall–Kier alpha value is -3.57. The molecule has 32 heavy (non-hydrogen) atoms. The average Bonchev–Trinajstić information content (AvgIpc) is 2.95. The Balaban J connectivity index is 1.77. The number of rotatable bonds is 7. The van der Waals surface area contributed by atoms with Crippen LogP contribution in [-0.4, -0.2) is 29.0 Å². The Bertz CT molecular complexity index is 1180. The van der Waals surface area contributed by atoms with Gasteiger partial charge in [-0.05, 0) is 61.9 Å². The van der Waals surface area contributed by atoms with Crippen LogP contribution in [0.25, 0.3) is 0 Å². The molecule has 1 aromatic heterocycles. The second-order valence-electron chi connectivity index (χ2n) is 7.73. The van der Waals surface area contributed by atoms with Crippen molar-refractivity contribution in [1.82, 2.24) is 9.47 Å². The quantitative estimate of drug-likeness (QED) is 0.588. The Kier molecular flexibility index (Phi) is 7.01. The molecule has 0 unspecified atom stereocenters. The third kappa shape index (κ3) is 5.18. The van der Waals surface area contributed by atoms with E-state index in [4.69, 9.17) is 0 Å². The fourth-order valence-electron chi connectivity index (χ4n) is 3.52. The molecule has 2 aromatic carbocycles. The average molecular weight is 440 g/mol. The maximum atomic E-state index is 13.4. The zero-order valence-corrected chi connectivity index (χ0v) is 18.0. The van der Waals surface area contributed by atoms with Crippen molar-refractivity contribution in [2.75, 3.05) is 18.9 Å². The predicted octanol–water partition coefficient (Wildman–Crippen LogP) is 4.51. The van der Waals surface area contributed by atoms with Gasteiger partial charge in [0.15, 0.2) is 11.6 Å². The summed E-state index contributed by atoms with van der Waals surface area (Å²) in [6.07, 6.45) is 0. The van der Waals surface area contributed by atoms with Crippen molar-refractivity contribution in [1.29, 1.82) is 5.26 Å². The summed E-state index contributed by atoms with van der Waals surface area (Å²) in [6, 6.07) is 11.8. The standard InChI is InChI=1S/C24H23F3N4O/c1-15-16(2)31(13-17-4-7-19(25)8-5-17)24(20(15)11-28)29-23(32)14-30(3)12-18-6-9-21(26)22(27)10-18/h4-10H,12-14H2,1-3H3,(H,29,32). The molecule has 0 aliphatic carbocycles. The number of likely N-dealkylation sites (N-methyl/N-ethyl adjacent to an activating group) is 1. The minimum Gasteiger partial charge on any atom is -0.326 e. The Morgan fingerprint density at radius 2 is 1.72 bits per heavy atom. The van der Waals surface area contributed by atoms with Crippen LogP contribution in [0.4, 0.5) is 19.0 Å². The van der Waals surface area contributed by atoms with Gasteiger partial charge >= 0.3 is 0 Å². The number of carbonyl (C=O) groups excluding carboxylic acids is 1. The molecular formula is C24H23F3N4O. The summed E-state index contributed by atoms with van der Waals surface area (Å²) in [7, 11) is 1.68. The van der Waals surface area contributed by atoms with Crippen LogP contribution in [0.15, 0.2) is 42.5 Å². The maximum Gasteiger partial charge on any atom is 0.239 e. The zero-order chi connectivity index (χ0) is 23.4. The van der Waals surface area contributed by atoms with E-state index in [-0.39, 0.29) is 24.8 Å². The highest BCUT2D eigenvalue weighted by Gasteiger charge is 2.20. The lowest BCUT2D eigenvalue weighted by molar-refractivity contribution is -0.117. The monoisotopic (exact) mass is 440 g/mol. The number of hydrogen-bond donors (Lipinski definition) is 1. The summed E-state index contributed by atoms with van der Waals surface area (Å²) < 4.78 is 41.6. The van der Waals surface area contributed by atoms with Crippen molar-refractivity contribution in [2.24, 2.45) is 0 Å². The van der Waals surface area contributed by atoms with Crippen molar-refractivity contribution in [3.05, 3.63) is 87.9 Å². The van der Waals surface area contributed by atoms with Gasteiger partial charge in [-0.25, -0.2) is 13.2 Å². The molecule has 0 aliphatic heterocycles. The number of aromatic nitrogens is 1. The molecule has 1 heterocycles.